The first-order valence-electron chi connectivity index (χ1n) is 9.33. The minimum Gasteiger partial charge on any atom is -0.453 e. The normalized spacial score (nSPS) is 10.6. The Hall–Kier alpha value is -3.98. The molecule has 2 aromatic carbocycles. The van der Waals surface area contributed by atoms with E-state index in [0.29, 0.717) is 34.3 Å². The first-order chi connectivity index (χ1) is 15.0. The van der Waals surface area contributed by atoms with E-state index in [0.717, 1.165) is 5.56 Å². The molecule has 2 aromatic heterocycles. The van der Waals surface area contributed by atoms with Crippen LogP contribution in [0, 0.1) is 0 Å². The molecule has 0 bridgehead atoms. The van der Waals surface area contributed by atoms with Crippen molar-refractivity contribution in [3.05, 3.63) is 81.5 Å². The summed E-state index contributed by atoms with van der Waals surface area (Å²) in [6.45, 7) is 0.390. The number of amides is 2. The standard InChI is InChI=1S/C22H18N4O4S/c1-30-22(29)26-21-24-17-7-6-14(10-18(17)25-21)19(27)15-4-2-3-5-16(15)20(28)23-11-13-8-9-31-12-13/h2-10,12H,11H2,1H3,(H,23,28)(H2,24,25,26,29). The summed E-state index contributed by atoms with van der Waals surface area (Å²) in [7, 11) is 1.25. The van der Waals surface area contributed by atoms with Crippen LogP contribution in [0.25, 0.3) is 11.0 Å². The molecule has 9 heteroatoms. The Morgan fingerprint density at radius 3 is 2.65 bits per heavy atom. The van der Waals surface area contributed by atoms with Crippen molar-refractivity contribution in [2.24, 2.45) is 0 Å². The van der Waals surface area contributed by atoms with Gasteiger partial charge in [-0.05, 0) is 46.7 Å². The number of benzene rings is 2. The summed E-state index contributed by atoms with van der Waals surface area (Å²) in [5, 5.41) is 9.20. The predicted molar refractivity (Wildman–Crippen MR) is 117 cm³/mol. The Kier molecular flexibility index (Phi) is 5.76. The van der Waals surface area contributed by atoms with Gasteiger partial charge in [0.15, 0.2) is 5.78 Å². The molecular formula is C22H18N4O4S. The molecule has 31 heavy (non-hydrogen) atoms. The lowest BCUT2D eigenvalue weighted by molar-refractivity contribution is 0.0939. The Morgan fingerprint density at radius 1 is 1.10 bits per heavy atom. The van der Waals surface area contributed by atoms with Gasteiger partial charge in [-0.2, -0.15) is 11.3 Å². The number of hydrogen-bond donors (Lipinski definition) is 3. The summed E-state index contributed by atoms with van der Waals surface area (Å²) in [5.41, 5.74) is 3.14. The van der Waals surface area contributed by atoms with Crippen LogP contribution in [0.1, 0.15) is 31.8 Å². The van der Waals surface area contributed by atoms with Crippen LogP contribution >= 0.6 is 11.3 Å². The molecule has 156 valence electrons. The van der Waals surface area contributed by atoms with Crippen molar-refractivity contribution in [3.63, 3.8) is 0 Å². The van der Waals surface area contributed by atoms with E-state index >= 15 is 0 Å². The molecule has 0 atom stereocenters. The summed E-state index contributed by atoms with van der Waals surface area (Å²) >= 11 is 1.56. The fourth-order valence-corrected chi connectivity index (χ4v) is 3.73. The number of rotatable bonds is 6. The molecule has 3 N–H and O–H groups in total. The van der Waals surface area contributed by atoms with Gasteiger partial charge in [0.1, 0.15) is 0 Å². The quantitative estimate of drug-likeness (QED) is 0.398. The number of anilines is 1. The van der Waals surface area contributed by atoms with E-state index in [2.05, 4.69) is 25.3 Å². The zero-order valence-corrected chi connectivity index (χ0v) is 17.3. The number of aromatic amines is 1. The number of ether oxygens (including phenoxy) is 1. The lowest BCUT2D eigenvalue weighted by Gasteiger charge is -2.09. The van der Waals surface area contributed by atoms with Crippen LogP contribution in [0.5, 0.6) is 0 Å². The van der Waals surface area contributed by atoms with E-state index in [1.54, 1.807) is 53.8 Å². The Labute approximate surface area is 181 Å². The molecule has 0 aliphatic rings. The van der Waals surface area contributed by atoms with Crippen LogP contribution in [-0.2, 0) is 11.3 Å². The van der Waals surface area contributed by atoms with E-state index < -0.39 is 6.09 Å². The van der Waals surface area contributed by atoms with Crippen molar-refractivity contribution in [1.29, 1.82) is 0 Å². The number of carbonyl (C=O) groups is 3. The van der Waals surface area contributed by atoms with Gasteiger partial charge in [0.05, 0.1) is 23.7 Å². The van der Waals surface area contributed by atoms with E-state index in [-0.39, 0.29) is 17.6 Å². The largest absolute Gasteiger partial charge is 0.453 e. The van der Waals surface area contributed by atoms with Crippen molar-refractivity contribution in [3.8, 4) is 0 Å². The van der Waals surface area contributed by atoms with Crippen LogP contribution in [0.3, 0.4) is 0 Å². The summed E-state index contributed by atoms with van der Waals surface area (Å²) in [4.78, 5) is 44.4. The van der Waals surface area contributed by atoms with Crippen molar-refractivity contribution in [2.45, 2.75) is 6.54 Å². The smallest absolute Gasteiger partial charge is 0.413 e. The van der Waals surface area contributed by atoms with Crippen LogP contribution in [0.4, 0.5) is 10.7 Å². The fourth-order valence-electron chi connectivity index (χ4n) is 3.06. The molecule has 0 aliphatic heterocycles. The number of carbonyl (C=O) groups excluding carboxylic acids is 3. The molecule has 4 rings (SSSR count). The SMILES string of the molecule is COC(=O)Nc1nc2ccc(C(=O)c3ccccc3C(=O)NCc3ccsc3)cc2[nH]1. The van der Waals surface area contributed by atoms with Gasteiger partial charge in [0.25, 0.3) is 5.91 Å². The second-order valence-corrected chi connectivity index (χ2v) is 7.40. The fraction of sp³-hybridized carbons (Fsp3) is 0.0909. The third kappa shape index (κ3) is 4.46. The van der Waals surface area contributed by atoms with E-state index in [9.17, 15) is 14.4 Å². The highest BCUT2D eigenvalue weighted by Gasteiger charge is 2.19. The second kappa shape index (κ2) is 8.80. The van der Waals surface area contributed by atoms with Gasteiger partial charge >= 0.3 is 6.09 Å². The number of hydrogen-bond acceptors (Lipinski definition) is 6. The first-order valence-corrected chi connectivity index (χ1v) is 10.3. The topological polar surface area (TPSA) is 113 Å². The summed E-state index contributed by atoms with van der Waals surface area (Å²) < 4.78 is 4.55. The Balaban J connectivity index is 1.58. The van der Waals surface area contributed by atoms with Gasteiger partial charge in [-0.15, -0.1) is 0 Å². The first kappa shape index (κ1) is 20.3. The molecule has 0 fully saturated rings. The Morgan fingerprint density at radius 2 is 1.90 bits per heavy atom. The van der Waals surface area contributed by atoms with Crippen LogP contribution in [-0.4, -0.2) is 34.9 Å². The zero-order valence-electron chi connectivity index (χ0n) is 16.5. The maximum absolute atomic E-state index is 13.2. The molecule has 0 unspecified atom stereocenters. The van der Waals surface area contributed by atoms with Crippen LogP contribution in [0.15, 0.2) is 59.3 Å². The van der Waals surface area contributed by atoms with E-state index in [1.165, 1.54) is 7.11 Å². The lowest BCUT2D eigenvalue weighted by atomic mass is 9.97. The third-order valence-corrected chi connectivity index (χ3v) is 5.33. The van der Waals surface area contributed by atoms with Gasteiger partial charge in [0, 0.05) is 17.7 Å². The van der Waals surface area contributed by atoms with Crippen molar-refractivity contribution < 1.29 is 19.1 Å². The average molecular weight is 434 g/mol. The second-order valence-electron chi connectivity index (χ2n) is 6.62. The highest BCUT2D eigenvalue weighted by molar-refractivity contribution is 7.07. The monoisotopic (exact) mass is 434 g/mol. The highest BCUT2D eigenvalue weighted by atomic mass is 32.1. The molecule has 4 aromatic rings. The number of aromatic nitrogens is 2. The number of nitrogens with zero attached hydrogens (tertiary/aromatic N) is 1. The number of H-pyrrole nitrogens is 1. The minimum atomic E-state index is -0.655. The number of thiophene rings is 1. The third-order valence-electron chi connectivity index (χ3n) is 4.60. The molecule has 0 saturated heterocycles. The molecule has 8 nitrogen and oxygen atoms in total. The maximum Gasteiger partial charge on any atom is 0.413 e. The van der Waals surface area contributed by atoms with Crippen LogP contribution < -0.4 is 10.6 Å². The molecular weight excluding hydrogens is 416 g/mol. The number of methoxy groups -OCH3 is 1. The summed E-state index contributed by atoms with van der Waals surface area (Å²) in [6.07, 6.45) is -0.655. The van der Waals surface area contributed by atoms with Crippen molar-refractivity contribution in [1.82, 2.24) is 15.3 Å². The van der Waals surface area contributed by atoms with E-state index in [4.69, 9.17) is 0 Å². The minimum absolute atomic E-state index is 0.208. The summed E-state index contributed by atoms with van der Waals surface area (Å²) in [6, 6.07) is 13.6. The van der Waals surface area contributed by atoms with Gasteiger partial charge in [-0.1, -0.05) is 18.2 Å². The Bertz CT molecular complexity index is 1260. The van der Waals surface area contributed by atoms with E-state index in [1.807, 2.05) is 16.8 Å². The van der Waals surface area contributed by atoms with Crippen molar-refractivity contribution in [2.75, 3.05) is 12.4 Å². The zero-order chi connectivity index (χ0) is 21.8. The molecule has 0 spiro atoms. The van der Waals surface area contributed by atoms with Crippen LogP contribution in [0.2, 0.25) is 0 Å². The summed E-state index contributed by atoms with van der Waals surface area (Å²) in [5.74, 6) is -0.401. The van der Waals surface area contributed by atoms with Gasteiger partial charge < -0.3 is 15.0 Å². The predicted octanol–water partition coefficient (Wildman–Crippen LogP) is 3.96. The number of ketones is 1. The van der Waals surface area contributed by atoms with Crippen molar-refractivity contribution >= 4 is 46.1 Å². The van der Waals surface area contributed by atoms with Gasteiger partial charge in [-0.25, -0.2) is 9.78 Å². The molecule has 0 radical (unpaired) electrons. The van der Waals surface area contributed by atoms with Gasteiger partial charge in [0.2, 0.25) is 5.95 Å². The maximum atomic E-state index is 13.2. The highest BCUT2D eigenvalue weighted by Crippen LogP contribution is 2.20. The average Bonchev–Trinajstić information content (AvgIpc) is 3.45. The number of nitrogens with one attached hydrogen (secondary N) is 3. The lowest BCUT2D eigenvalue weighted by Crippen LogP contribution is -2.24. The number of imidazole rings is 1. The molecule has 2 heterocycles. The molecule has 0 saturated carbocycles. The van der Waals surface area contributed by atoms with Gasteiger partial charge in [-0.3, -0.25) is 14.9 Å². The number of fused-ring (bicyclic) bond motifs is 1. The molecule has 0 aliphatic carbocycles. The molecule has 2 amide bonds.